The van der Waals surface area contributed by atoms with Gasteiger partial charge in [-0.2, -0.15) is 8.78 Å². The van der Waals surface area contributed by atoms with Gasteiger partial charge in [-0.25, -0.2) is 15.0 Å². The molecule has 1 amide bonds. The van der Waals surface area contributed by atoms with E-state index in [1.54, 1.807) is 24.1 Å². The van der Waals surface area contributed by atoms with Gasteiger partial charge >= 0.3 is 6.55 Å². The van der Waals surface area contributed by atoms with Gasteiger partial charge in [-0.05, 0) is 6.07 Å². The van der Waals surface area contributed by atoms with Gasteiger partial charge < -0.3 is 20.9 Å². The van der Waals surface area contributed by atoms with E-state index in [4.69, 9.17) is 5.73 Å². The van der Waals surface area contributed by atoms with Crippen molar-refractivity contribution in [2.45, 2.75) is 6.55 Å². The first-order valence-corrected chi connectivity index (χ1v) is 9.22. The van der Waals surface area contributed by atoms with Crippen LogP contribution >= 0.6 is 0 Å². The minimum Gasteiger partial charge on any atom is -0.371 e. The molecule has 11 nitrogen and oxygen atoms in total. The number of fused-ring (bicyclic) bond motifs is 1. The minimum atomic E-state index is -3.03. The van der Waals surface area contributed by atoms with E-state index < -0.39 is 18.0 Å². The molecule has 4 aromatic rings. The van der Waals surface area contributed by atoms with Crippen LogP contribution in [0.25, 0.3) is 22.3 Å². The van der Waals surface area contributed by atoms with Crippen LogP contribution in [-0.4, -0.2) is 42.0 Å². The van der Waals surface area contributed by atoms with E-state index in [1.807, 2.05) is 7.05 Å². The molecule has 0 spiro atoms. The van der Waals surface area contributed by atoms with Crippen LogP contribution in [0.1, 0.15) is 17.0 Å². The number of halogens is 2. The van der Waals surface area contributed by atoms with Crippen LogP contribution in [0.5, 0.6) is 0 Å². The third-order valence-corrected chi connectivity index (χ3v) is 4.67. The first-order valence-electron chi connectivity index (χ1n) is 9.22. The van der Waals surface area contributed by atoms with E-state index in [0.29, 0.717) is 11.1 Å². The largest absolute Gasteiger partial charge is 0.371 e. The molecule has 0 fully saturated rings. The van der Waals surface area contributed by atoms with Crippen LogP contribution in [0, 0.1) is 0 Å². The summed E-state index contributed by atoms with van der Waals surface area (Å²) in [5.74, 6) is -0.710. The number of hydrogen-bond donors (Lipinski definition) is 3. The molecule has 0 saturated carbocycles. The van der Waals surface area contributed by atoms with Crippen LogP contribution in [0.2, 0.25) is 0 Å². The molecule has 4 rings (SSSR count). The topological polar surface area (TPSA) is 146 Å². The number of nitrogens with one attached hydrogen (secondary N) is 2. The number of pyridine rings is 2. The Kier molecular flexibility index (Phi) is 5.22. The number of nitrogens with two attached hydrogens (primary N) is 1. The number of carbonyl (C=O) groups excluding carboxylic acids is 1. The Balaban J connectivity index is 1.86. The second-order valence-electron chi connectivity index (χ2n) is 6.71. The van der Waals surface area contributed by atoms with E-state index in [1.165, 1.54) is 12.3 Å². The molecule has 0 aliphatic carbocycles. The lowest BCUT2D eigenvalue weighted by Gasteiger charge is -2.15. The fourth-order valence-electron chi connectivity index (χ4n) is 3.14. The molecular formula is C19H17F2N9O2. The maximum atomic E-state index is 13.1. The molecule has 4 N–H and O–H groups in total. The van der Waals surface area contributed by atoms with Crippen molar-refractivity contribution < 1.29 is 13.6 Å². The van der Waals surface area contributed by atoms with Gasteiger partial charge in [0.2, 0.25) is 0 Å². The molecule has 0 aliphatic heterocycles. The maximum absolute atomic E-state index is 13.1. The molecule has 0 atom stereocenters. The summed E-state index contributed by atoms with van der Waals surface area (Å²) in [7, 11) is 3.41. The van der Waals surface area contributed by atoms with E-state index in [-0.39, 0.29) is 33.3 Å². The third-order valence-electron chi connectivity index (χ3n) is 4.67. The normalized spacial score (nSPS) is 11.2. The Morgan fingerprint density at radius 2 is 1.97 bits per heavy atom. The van der Waals surface area contributed by atoms with E-state index >= 15 is 0 Å². The number of amides is 1. The Hall–Kier alpha value is -4.42. The second-order valence-corrected chi connectivity index (χ2v) is 6.71. The van der Waals surface area contributed by atoms with Crippen LogP contribution < -0.4 is 21.9 Å². The molecule has 13 heteroatoms. The zero-order valence-electron chi connectivity index (χ0n) is 16.9. The highest BCUT2D eigenvalue weighted by molar-refractivity contribution is 5.99. The van der Waals surface area contributed by atoms with Crippen LogP contribution in [0.3, 0.4) is 0 Å². The SMILES string of the molecule is CNc1nc(Nc2ccc(=O)n(C(F)F)c2)c(C(N)=O)nc1-c1cncc2c1ncn2C. The summed E-state index contributed by atoms with van der Waals surface area (Å²) in [5.41, 5.74) is 6.61. The van der Waals surface area contributed by atoms with Crippen molar-refractivity contribution in [1.29, 1.82) is 0 Å². The number of aryl methyl sites for hydroxylation is 1. The highest BCUT2D eigenvalue weighted by Crippen LogP contribution is 2.32. The highest BCUT2D eigenvalue weighted by atomic mass is 19.3. The number of rotatable bonds is 6. The number of alkyl halides is 2. The molecule has 0 saturated heterocycles. The second kappa shape index (κ2) is 8.02. The van der Waals surface area contributed by atoms with Gasteiger partial charge in [0.25, 0.3) is 11.5 Å². The van der Waals surface area contributed by atoms with Gasteiger partial charge in [-0.3, -0.25) is 19.1 Å². The van der Waals surface area contributed by atoms with Crippen LogP contribution in [-0.2, 0) is 7.05 Å². The number of nitrogens with zero attached hydrogens (tertiary/aromatic N) is 6. The highest BCUT2D eigenvalue weighted by Gasteiger charge is 2.21. The fourth-order valence-corrected chi connectivity index (χ4v) is 3.14. The summed E-state index contributed by atoms with van der Waals surface area (Å²) in [5, 5.41) is 5.62. The van der Waals surface area contributed by atoms with Gasteiger partial charge in [0.1, 0.15) is 11.2 Å². The molecule has 4 heterocycles. The van der Waals surface area contributed by atoms with E-state index in [0.717, 1.165) is 17.8 Å². The predicted molar refractivity (Wildman–Crippen MR) is 113 cm³/mol. The molecule has 0 aliphatic rings. The standard InChI is InChI=1S/C19H17F2N9O2/c1-23-17-14(10-5-24-6-11-13(10)25-8-29(11)2)27-15(16(22)32)18(28-17)26-9-3-4-12(31)30(7-9)19(20)21/h3-8,19H,1-2H3,(H2,22,32)(H2,23,26,28). The van der Waals surface area contributed by atoms with Crippen LogP contribution in [0.4, 0.5) is 26.1 Å². The van der Waals surface area contributed by atoms with Crippen molar-refractivity contribution in [2.75, 3.05) is 17.7 Å². The summed E-state index contributed by atoms with van der Waals surface area (Å²) in [4.78, 5) is 41.0. The third kappa shape index (κ3) is 3.59. The minimum absolute atomic E-state index is 0.0776. The first kappa shape index (κ1) is 20.8. The zero-order chi connectivity index (χ0) is 23.0. The molecule has 0 aromatic carbocycles. The van der Waals surface area contributed by atoms with Crippen LogP contribution in [0.15, 0.2) is 41.8 Å². The maximum Gasteiger partial charge on any atom is 0.321 e. The monoisotopic (exact) mass is 441 g/mol. The number of primary amides is 1. The molecular weight excluding hydrogens is 424 g/mol. The Bertz CT molecular complexity index is 1400. The lowest BCUT2D eigenvalue weighted by Crippen LogP contribution is -2.21. The van der Waals surface area contributed by atoms with Crippen molar-refractivity contribution in [3.63, 3.8) is 0 Å². The molecule has 32 heavy (non-hydrogen) atoms. The van der Waals surface area contributed by atoms with Gasteiger partial charge in [0, 0.05) is 32.6 Å². The van der Waals surface area contributed by atoms with Gasteiger partial charge in [0.05, 0.1) is 29.3 Å². The van der Waals surface area contributed by atoms with Gasteiger partial charge in [0.15, 0.2) is 17.3 Å². The Morgan fingerprint density at radius 3 is 2.66 bits per heavy atom. The fraction of sp³-hybridized carbons (Fsp3) is 0.158. The average molecular weight is 441 g/mol. The number of aromatic nitrogens is 6. The van der Waals surface area contributed by atoms with Crippen molar-refractivity contribution in [1.82, 2.24) is 29.1 Å². The molecule has 0 bridgehead atoms. The molecule has 4 aromatic heterocycles. The average Bonchev–Trinajstić information content (AvgIpc) is 3.15. The van der Waals surface area contributed by atoms with Crippen molar-refractivity contribution in [3.05, 3.63) is 53.1 Å². The number of imidazole rings is 1. The Morgan fingerprint density at radius 1 is 1.19 bits per heavy atom. The smallest absolute Gasteiger partial charge is 0.321 e. The summed E-state index contributed by atoms with van der Waals surface area (Å²) in [6.45, 7) is -3.03. The van der Waals surface area contributed by atoms with Gasteiger partial charge in [-0.15, -0.1) is 0 Å². The summed E-state index contributed by atoms with van der Waals surface area (Å²) < 4.78 is 28.1. The van der Waals surface area contributed by atoms with Crippen molar-refractivity contribution >= 4 is 34.3 Å². The number of hydrogen-bond acceptors (Lipinski definition) is 8. The Labute approximate surface area is 179 Å². The quantitative estimate of drug-likeness (QED) is 0.411. The van der Waals surface area contributed by atoms with E-state index in [9.17, 15) is 18.4 Å². The molecule has 164 valence electrons. The van der Waals surface area contributed by atoms with Gasteiger partial charge in [-0.1, -0.05) is 0 Å². The number of anilines is 3. The molecule has 0 radical (unpaired) electrons. The lowest BCUT2D eigenvalue weighted by atomic mass is 10.1. The molecule has 0 unspecified atom stereocenters. The summed E-state index contributed by atoms with van der Waals surface area (Å²) >= 11 is 0. The van der Waals surface area contributed by atoms with Crippen molar-refractivity contribution in [2.24, 2.45) is 12.8 Å². The van der Waals surface area contributed by atoms with Crippen molar-refractivity contribution in [3.8, 4) is 11.3 Å². The first-order chi connectivity index (χ1) is 15.3. The van der Waals surface area contributed by atoms with E-state index in [2.05, 4.69) is 30.6 Å². The lowest BCUT2D eigenvalue weighted by molar-refractivity contribution is 0.0665. The zero-order valence-corrected chi connectivity index (χ0v) is 16.9. The number of carbonyl (C=O) groups is 1. The predicted octanol–water partition coefficient (Wildman–Crippen LogP) is 1.87. The summed E-state index contributed by atoms with van der Waals surface area (Å²) in [6.07, 6.45) is 5.70. The summed E-state index contributed by atoms with van der Waals surface area (Å²) in [6, 6.07) is 2.24.